The maximum atomic E-state index is 12.1. The van der Waals surface area contributed by atoms with Crippen LogP contribution in [0.4, 0.5) is 0 Å². The third-order valence-electron chi connectivity index (χ3n) is 2.53. The number of carbonyl (C=O) groups excluding carboxylic acids is 1. The lowest BCUT2D eigenvalue weighted by Crippen LogP contribution is -2.40. The molecule has 0 bridgehead atoms. The fraction of sp³-hybridized carbons (Fsp3) is 0.462. The smallest absolute Gasteiger partial charge is 0.326 e. The Morgan fingerprint density at radius 2 is 2.25 bits per heavy atom. The first kappa shape index (κ1) is 16.3. The Bertz CT molecular complexity index is 510. The molecule has 1 heterocycles. The molecule has 1 rings (SSSR count). The number of aliphatic carboxylic acids is 1. The number of hydrogen-bond acceptors (Lipinski definition) is 5. The van der Waals surface area contributed by atoms with Crippen LogP contribution in [0.2, 0.25) is 0 Å². The van der Waals surface area contributed by atoms with Gasteiger partial charge in [0.15, 0.2) is 0 Å². The molecule has 7 heteroatoms. The van der Waals surface area contributed by atoms with Crippen molar-refractivity contribution in [3.05, 3.63) is 27.7 Å². The van der Waals surface area contributed by atoms with Crippen LogP contribution in [-0.4, -0.2) is 35.1 Å². The molecule has 0 saturated carbocycles. The first-order valence-electron chi connectivity index (χ1n) is 6.09. The van der Waals surface area contributed by atoms with Crippen LogP contribution in [0.3, 0.4) is 0 Å². The third kappa shape index (κ3) is 4.43. The van der Waals surface area contributed by atoms with Crippen molar-refractivity contribution < 1.29 is 19.4 Å². The van der Waals surface area contributed by atoms with E-state index in [1.807, 2.05) is 0 Å². The number of nitrogens with one attached hydrogen (secondary N) is 1. The molecule has 0 radical (unpaired) electrons. The van der Waals surface area contributed by atoms with E-state index in [0.29, 0.717) is 22.2 Å². The minimum Gasteiger partial charge on any atom is -0.480 e. The molecule has 0 aliphatic rings. The van der Waals surface area contributed by atoms with Crippen LogP contribution >= 0.6 is 11.3 Å². The number of thiazole rings is 1. The summed E-state index contributed by atoms with van der Waals surface area (Å²) in [5.41, 5.74) is 0.578. The summed E-state index contributed by atoms with van der Waals surface area (Å²) in [4.78, 5) is 27.8. The highest BCUT2D eigenvalue weighted by Crippen LogP contribution is 2.18. The van der Waals surface area contributed by atoms with E-state index in [0.717, 1.165) is 0 Å². The second kappa shape index (κ2) is 7.76. The predicted octanol–water partition coefficient (Wildman–Crippen LogP) is 1.75. The molecule has 0 aliphatic carbocycles. The normalized spacial score (nSPS) is 12.6. The van der Waals surface area contributed by atoms with Gasteiger partial charge in [0.05, 0.1) is 12.3 Å². The van der Waals surface area contributed by atoms with E-state index >= 15 is 0 Å². The van der Waals surface area contributed by atoms with Gasteiger partial charge in [-0.15, -0.1) is 11.3 Å². The lowest BCUT2D eigenvalue weighted by molar-refractivity contribution is -0.139. The van der Waals surface area contributed by atoms with Crippen molar-refractivity contribution >= 4 is 23.2 Å². The van der Waals surface area contributed by atoms with E-state index in [2.05, 4.69) is 10.3 Å². The molecule has 0 aromatic carbocycles. The summed E-state index contributed by atoms with van der Waals surface area (Å²) in [6.45, 7) is 3.84. The van der Waals surface area contributed by atoms with Crippen molar-refractivity contribution in [2.75, 3.05) is 7.11 Å². The molecular formula is C13H18N2O4S. The Morgan fingerprint density at radius 3 is 2.80 bits per heavy atom. The van der Waals surface area contributed by atoms with Gasteiger partial charge in [0.25, 0.3) is 5.91 Å². The molecule has 0 saturated heterocycles. The van der Waals surface area contributed by atoms with Crippen LogP contribution in [0.5, 0.6) is 0 Å². The van der Waals surface area contributed by atoms with Gasteiger partial charge >= 0.3 is 5.97 Å². The standard InChI is InChI=1S/C13H18N2O4S/c1-4-5-6-9(13(17)18)15-12(16)11-8(2)14-10(20-11)7-19-3/h4-5,9H,6-7H2,1-3H3,(H,15,16)(H,17,18)/b5-4+. The van der Waals surface area contributed by atoms with E-state index < -0.39 is 17.9 Å². The molecule has 110 valence electrons. The molecule has 1 unspecified atom stereocenters. The number of hydrogen-bond donors (Lipinski definition) is 2. The van der Waals surface area contributed by atoms with E-state index in [-0.39, 0.29) is 6.42 Å². The summed E-state index contributed by atoms with van der Waals surface area (Å²) < 4.78 is 4.96. The molecule has 2 N–H and O–H groups in total. The molecule has 0 fully saturated rings. The Labute approximate surface area is 121 Å². The number of rotatable bonds is 7. The molecule has 20 heavy (non-hydrogen) atoms. The number of amides is 1. The molecule has 0 spiro atoms. The number of carboxylic acid groups (broad SMARTS) is 1. The molecule has 6 nitrogen and oxygen atoms in total. The third-order valence-corrected chi connectivity index (χ3v) is 3.66. The first-order chi connectivity index (χ1) is 9.49. The second-order valence-corrected chi connectivity index (χ2v) is 5.21. The number of ether oxygens (including phenoxy) is 1. The van der Waals surface area contributed by atoms with Gasteiger partial charge in [0.2, 0.25) is 0 Å². The van der Waals surface area contributed by atoms with Gasteiger partial charge in [0, 0.05) is 7.11 Å². The van der Waals surface area contributed by atoms with Crippen molar-refractivity contribution in [3.63, 3.8) is 0 Å². The van der Waals surface area contributed by atoms with E-state index in [1.54, 1.807) is 33.1 Å². The number of aryl methyl sites for hydroxylation is 1. The zero-order chi connectivity index (χ0) is 15.1. The highest BCUT2D eigenvalue weighted by molar-refractivity contribution is 7.13. The number of carbonyl (C=O) groups is 2. The van der Waals surface area contributed by atoms with Gasteiger partial charge in [-0.3, -0.25) is 4.79 Å². The number of carboxylic acids is 1. The van der Waals surface area contributed by atoms with Crippen molar-refractivity contribution in [3.8, 4) is 0 Å². The van der Waals surface area contributed by atoms with Gasteiger partial charge in [0.1, 0.15) is 15.9 Å². The summed E-state index contributed by atoms with van der Waals surface area (Å²) >= 11 is 1.21. The Kier molecular flexibility index (Phi) is 6.33. The topological polar surface area (TPSA) is 88.5 Å². The van der Waals surface area contributed by atoms with Crippen LogP contribution < -0.4 is 5.32 Å². The molecule has 1 aromatic rings. The fourth-order valence-electron chi connectivity index (χ4n) is 1.57. The number of nitrogens with zero attached hydrogens (tertiary/aromatic N) is 1. The monoisotopic (exact) mass is 298 g/mol. The average Bonchev–Trinajstić information content (AvgIpc) is 2.75. The average molecular weight is 298 g/mol. The van der Waals surface area contributed by atoms with Crippen LogP contribution in [0.25, 0.3) is 0 Å². The SMILES string of the molecule is C/C=C/CC(NC(=O)c1sc(COC)nc1C)C(=O)O. The highest BCUT2D eigenvalue weighted by atomic mass is 32.1. The van der Waals surface area contributed by atoms with E-state index in [4.69, 9.17) is 9.84 Å². The number of aromatic nitrogens is 1. The maximum absolute atomic E-state index is 12.1. The Balaban J connectivity index is 2.80. The zero-order valence-corrected chi connectivity index (χ0v) is 12.5. The van der Waals surface area contributed by atoms with Gasteiger partial charge < -0.3 is 15.2 Å². The summed E-state index contributed by atoms with van der Waals surface area (Å²) in [6.07, 6.45) is 3.70. The lowest BCUT2D eigenvalue weighted by atomic mass is 10.2. The summed E-state index contributed by atoms with van der Waals surface area (Å²) in [7, 11) is 1.55. The minimum absolute atomic E-state index is 0.250. The molecule has 1 aromatic heterocycles. The fourth-order valence-corrected chi connectivity index (χ4v) is 2.51. The van der Waals surface area contributed by atoms with Crippen LogP contribution in [-0.2, 0) is 16.1 Å². The van der Waals surface area contributed by atoms with Crippen LogP contribution in [0.15, 0.2) is 12.2 Å². The summed E-state index contributed by atoms with van der Waals surface area (Å²) in [5.74, 6) is -1.48. The largest absolute Gasteiger partial charge is 0.480 e. The highest BCUT2D eigenvalue weighted by Gasteiger charge is 2.22. The summed E-state index contributed by atoms with van der Waals surface area (Å²) in [5, 5.41) is 12.3. The van der Waals surface area contributed by atoms with Crippen LogP contribution in [0.1, 0.15) is 33.7 Å². The van der Waals surface area contributed by atoms with E-state index in [1.165, 1.54) is 11.3 Å². The number of allylic oxidation sites excluding steroid dienone is 1. The van der Waals surface area contributed by atoms with E-state index in [9.17, 15) is 9.59 Å². The Hall–Kier alpha value is -1.73. The first-order valence-corrected chi connectivity index (χ1v) is 6.91. The van der Waals surface area contributed by atoms with Crippen molar-refractivity contribution in [2.45, 2.75) is 32.9 Å². The molecular weight excluding hydrogens is 280 g/mol. The van der Waals surface area contributed by atoms with Gasteiger partial charge in [-0.1, -0.05) is 12.2 Å². The van der Waals surface area contributed by atoms with Gasteiger partial charge in [-0.25, -0.2) is 9.78 Å². The molecule has 0 aliphatic heterocycles. The van der Waals surface area contributed by atoms with Crippen LogP contribution in [0, 0.1) is 6.92 Å². The predicted molar refractivity (Wildman–Crippen MR) is 75.9 cm³/mol. The Morgan fingerprint density at radius 1 is 1.55 bits per heavy atom. The quantitative estimate of drug-likeness (QED) is 0.749. The maximum Gasteiger partial charge on any atom is 0.326 e. The van der Waals surface area contributed by atoms with Gasteiger partial charge in [-0.05, 0) is 20.3 Å². The second-order valence-electron chi connectivity index (χ2n) is 4.12. The van der Waals surface area contributed by atoms with Crippen molar-refractivity contribution in [2.24, 2.45) is 0 Å². The minimum atomic E-state index is -1.06. The zero-order valence-electron chi connectivity index (χ0n) is 11.7. The number of methoxy groups -OCH3 is 1. The molecule has 1 amide bonds. The molecule has 1 atom stereocenters. The van der Waals surface area contributed by atoms with Gasteiger partial charge in [-0.2, -0.15) is 0 Å². The van der Waals surface area contributed by atoms with Crippen molar-refractivity contribution in [1.29, 1.82) is 0 Å². The van der Waals surface area contributed by atoms with Crippen molar-refractivity contribution in [1.82, 2.24) is 10.3 Å². The summed E-state index contributed by atoms with van der Waals surface area (Å²) in [6, 6.07) is -0.939. The lowest BCUT2D eigenvalue weighted by Gasteiger charge is -2.11.